The summed E-state index contributed by atoms with van der Waals surface area (Å²) in [4.78, 5) is 26.4. The molecule has 0 bridgehead atoms. The predicted octanol–water partition coefficient (Wildman–Crippen LogP) is 4.46. The van der Waals surface area contributed by atoms with Gasteiger partial charge >= 0.3 is 0 Å². The summed E-state index contributed by atoms with van der Waals surface area (Å²) in [5.74, 6) is 0.433. The second-order valence-electron chi connectivity index (χ2n) is 7.66. The smallest absolute Gasteiger partial charge is 0.246 e. The van der Waals surface area contributed by atoms with Crippen LogP contribution in [0.3, 0.4) is 0 Å². The van der Waals surface area contributed by atoms with E-state index in [-0.39, 0.29) is 18.3 Å². The lowest BCUT2D eigenvalue weighted by atomic mass is 9.90. The molecule has 1 atom stereocenters. The molecule has 1 heterocycles. The van der Waals surface area contributed by atoms with Crippen LogP contribution in [0.1, 0.15) is 48.3 Å². The van der Waals surface area contributed by atoms with E-state index in [4.69, 9.17) is 5.11 Å². The molecule has 2 aromatic carbocycles. The van der Waals surface area contributed by atoms with E-state index in [2.05, 4.69) is 24.3 Å². The highest BCUT2D eigenvalue weighted by atomic mass is 16.3. The molecule has 1 saturated heterocycles. The number of aliphatic hydroxyl groups excluding tert-OH is 1. The Morgan fingerprint density at radius 1 is 1.00 bits per heavy atom. The number of carbonyl (C=O) groups excluding carboxylic acids is 2. The van der Waals surface area contributed by atoms with Crippen molar-refractivity contribution in [2.45, 2.75) is 31.6 Å². The van der Waals surface area contributed by atoms with Gasteiger partial charge in [0.1, 0.15) is 0 Å². The van der Waals surface area contributed by atoms with E-state index in [1.807, 2.05) is 41.3 Å². The normalized spacial score (nSPS) is 17.0. The number of aliphatic hydroxyl groups is 1. The Balaban J connectivity index is 1.59. The van der Waals surface area contributed by atoms with Gasteiger partial charge in [0.25, 0.3) is 0 Å². The van der Waals surface area contributed by atoms with Gasteiger partial charge in [-0.05, 0) is 54.2 Å². The molecule has 1 N–H and O–H groups in total. The van der Waals surface area contributed by atoms with Crippen molar-refractivity contribution in [2.24, 2.45) is 0 Å². The lowest BCUT2D eigenvalue weighted by molar-refractivity contribution is -0.127. The van der Waals surface area contributed by atoms with E-state index >= 15 is 0 Å². The van der Waals surface area contributed by atoms with Gasteiger partial charge in [-0.25, -0.2) is 0 Å². The summed E-state index contributed by atoms with van der Waals surface area (Å²) in [5, 5.41) is 8.79. The van der Waals surface area contributed by atoms with E-state index in [0.717, 1.165) is 37.1 Å². The molecule has 3 rings (SSSR count). The zero-order chi connectivity index (χ0) is 21.2. The second-order valence-corrected chi connectivity index (χ2v) is 7.66. The Hall–Kier alpha value is -2.98. The van der Waals surface area contributed by atoms with Crippen molar-refractivity contribution in [3.63, 3.8) is 0 Å². The van der Waals surface area contributed by atoms with Crippen LogP contribution in [0.2, 0.25) is 0 Å². The summed E-state index contributed by atoms with van der Waals surface area (Å²) in [5.41, 5.74) is 3.13. The maximum Gasteiger partial charge on any atom is 0.246 e. The van der Waals surface area contributed by atoms with Crippen molar-refractivity contribution in [1.29, 1.82) is 0 Å². The van der Waals surface area contributed by atoms with Crippen LogP contribution >= 0.6 is 0 Å². The lowest BCUT2D eigenvalue weighted by Gasteiger charge is -2.32. The number of piperidine rings is 1. The van der Waals surface area contributed by atoms with Crippen LogP contribution in [-0.4, -0.2) is 41.4 Å². The third-order valence-corrected chi connectivity index (χ3v) is 5.38. The van der Waals surface area contributed by atoms with Gasteiger partial charge in [0.2, 0.25) is 5.91 Å². The van der Waals surface area contributed by atoms with Gasteiger partial charge in [-0.3, -0.25) is 9.59 Å². The van der Waals surface area contributed by atoms with E-state index in [0.29, 0.717) is 18.8 Å². The Morgan fingerprint density at radius 2 is 1.73 bits per heavy atom. The number of rotatable bonds is 8. The number of hydrogen-bond acceptors (Lipinski definition) is 3. The first-order valence-corrected chi connectivity index (χ1v) is 10.6. The first-order valence-electron chi connectivity index (χ1n) is 10.6. The van der Waals surface area contributed by atoms with E-state index < -0.39 is 0 Å². The number of benzene rings is 2. The molecule has 1 aliphatic rings. The minimum Gasteiger partial charge on any atom is -0.396 e. The molecule has 4 nitrogen and oxygen atoms in total. The minimum absolute atomic E-state index is 0.00163. The maximum absolute atomic E-state index is 12.7. The van der Waals surface area contributed by atoms with E-state index in [1.54, 1.807) is 18.2 Å². The lowest BCUT2D eigenvalue weighted by Crippen LogP contribution is -2.38. The molecule has 156 valence electrons. The van der Waals surface area contributed by atoms with Crippen LogP contribution in [0, 0.1) is 0 Å². The molecule has 1 amide bonds. The number of amides is 1. The zero-order valence-corrected chi connectivity index (χ0v) is 17.2. The molecule has 0 aromatic heterocycles. The fraction of sp³-hybridized carbons (Fsp3) is 0.308. The maximum atomic E-state index is 12.7. The van der Waals surface area contributed by atoms with Crippen LogP contribution in [0.5, 0.6) is 0 Å². The van der Waals surface area contributed by atoms with E-state index in [9.17, 15) is 9.59 Å². The van der Waals surface area contributed by atoms with Crippen LogP contribution < -0.4 is 0 Å². The molecule has 4 heteroatoms. The highest BCUT2D eigenvalue weighted by Gasteiger charge is 2.23. The Morgan fingerprint density at radius 3 is 2.47 bits per heavy atom. The average Bonchev–Trinajstić information content (AvgIpc) is 2.80. The minimum atomic E-state index is -0.00163. The molecule has 0 unspecified atom stereocenters. The van der Waals surface area contributed by atoms with Crippen LogP contribution in [0.15, 0.2) is 66.7 Å². The average molecular weight is 404 g/mol. The van der Waals surface area contributed by atoms with Crippen molar-refractivity contribution in [3.8, 4) is 0 Å². The van der Waals surface area contributed by atoms with Crippen LogP contribution in [0.25, 0.3) is 12.2 Å². The topological polar surface area (TPSA) is 57.6 Å². The summed E-state index contributed by atoms with van der Waals surface area (Å²) >= 11 is 0. The van der Waals surface area contributed by atoms with Crippen molar-refractivity contribution in [2.75, 3.05) is 19.7 Å². The number of likely N-dealkylation sites (tertiary alicyclic amines) is 1. The van der Waals surface area contributed by atoms with Gasteiger partial charge < -0.3 is 10.0 Å². The van der Waals surface area contributed by atoms with Gasteiger partial charge in [0.05, 0.1) is 0 Å². The van der Waals surface area contributed by atoms with Crippen LogP contribution in [0.4, 0.5) is 0 Å². The summed E-state index contributed by atoms with van der Waals surface area (Å²) in [6.45, 7) is 1.58. The number of carbonyl (C=O) groups is 2. The molecular weight excluding hydrogens is 374 g/mol. The van der Waals surface area contributed by atoms with E-state index in [1.165, 1.54) is 5.56 Å². The standard InChI is InChI=1S/C26H29NO3/c28-18-6-12-25(29)15-13-21-7-4-8-22(19-21)14-16-26(30)27-17-5-11-24(20-27)23-9-2-1-3-10-23/h1-4,7-10,13-16,19,24,28H,5-6,11-12,17-18,20H2/b15-13+,16-14+/t24-/m1/s1. The summed E-state index contributed by atoms with van der Waals surface area (Å²) in [6.07, 6.45) is 9.75. The molecule has 1 aliphatic heterocycles. The van der Waals surface area contributed by atoms with Gasteiger partial charge in [0.15, 0.2) is 5.78 Å². The van der Waals surface area contributed by atoms with Crippen molar-refractivity contribution in [3.05, 3.63) is 83.4 Å². The van der Waals surface area contributed by atoms with Crippen LogP contribution in [-0.2, 0) is 9.59 Å². The molecule has 30 heavy (non-hydrogen) atoms. The number of ketones is 1. The zero-order valence-electron chi connectivity index (χ0n) is 17.2. The Labute approximate surface area is 178 Å². The summed E-state index contributed by atoms with van der Waals surface area (Å²) in [6, 6.07) is 18.1. The molecule has 2 aromatic rings. The molecular formula is C26H29NO3. The fourth-order valence-electron chi connectivity index (χ4n) is 3.74. The number of nitrogens with zero attached hydrogens (tertiary/aromatic N) is 1. The van der Waals surface area contributed by atoms with Gasteiger partial charge in [-0.15, -0.1) is 0 Å². The monoisotopic (exact) mass is 403 g/mol. The molecule has 0 saturated carbocycles. The Bertz CT molecular complexity index is 902. The fourth-order valence-corrected chi connectivity index (χ4v) is 3.74. The highest BCUT2D eigenvalue weighted by Crippen LogP contribution is 2.26. The van der Waals surface area contributed by atoms with Gasteiger partial charge in [-0.2, -0.15) is 0 Å². The predicted molar refractivity (Wildman–Crippen MR) is 121 cm³/mol. The molecule has 0 aliphatic carbocycles. The summed E-state index contributed by atoms with van der Waals surface area (Å²) in [7, 11) is 0. The molecule has 1 fully saturated rings. The first-order chi connectivity index (χ1) is 14.7. The number of allylic oxidation sites excluding steroid dienone is 1. The van der Waals surface area contributed by atoms with Crippen molar-refractivity contribution >= 4 is 23.8 Å². The largest absolute Gasteiger partial charge is 0.396 e. The second kappa shape index (κ2) is 11.3. The van der Waals surface area contributed by atoms with Gasteiger partial charge in [-0.1, -0.05) is 54.6 Å². The third kappa shape index (κ3) is 6.53. The third-order valence-electron chi connectivity index (χ3n) is 5.38. The van der Waals surface area contributed by atoms with Crippen molar-refractivity contribution < 1.29 is 14.7 Å². The number of hydrogen-bond donors (Lipinski definition) is 1. The quantitative estimate of drug-likeness (QED) is 0.662. The SMILES string of the molecule is O=C(/C=C/c1cccc(/C=C/C(=O)N2CCC[C@@H](c3ccccc3)C2)c1)CCCO. The van der Waals surface area contributed by atoms with Gasteiger partial charge in [0, 0.05) is 38.1 Å². The highest BCUT2D eigenvalue weighted by molar-refractivity contribution is 5.94. The molecule has 0 spiro atoms. The Kier molecular flexibility index (Phi) is 8.16. The first kappa shape index (κ1) is 21.7. The van der Waals surface area contributed by atoms with Crippen molar-refractivity contribution in [1.82, 2.24) is 4.90 Å². The molecule has 0 radical (unpaired) electrons. The summed E-state index contributed by atoms with van der Waals surface area (Å²) < 4.78 is 0.